The zero-order chi connectivity index (χ0) is 11.3. The molecule has 0 aromatic heterocycles. The second-order valence-electron chi connectivity index (χ2n) is 3.43. The molecule has 1 N–H and O–H groups in total. The lowest BCUT2D eigenvalue weighted by Gasteiger charge is -2.12. The summed E-state index contributed by atoms with van der Waals surface area (Å²) in [6.45, 7) is 3.30. The predicted octanol–water partition coefficient (Wildman–Crippen LogP) is 2.71. The van der Waals surface area contributed by atoms with Crippen LogP contribution in [-0.4, -0.2) is 19.7 Å². The van der Waals surface area contributed by atoms with E-state index in [0.717, 1.165) is 12.1 Å². The van der Waals surface area contributed by atoms with E-state index in [-0.39, 0.29) is 11.9 Å². The number of rotatable bonds is 5. The third kappa shape index (κ3) is 4.28. The quantitative estimate of drug-likeness (QED) is 0.892. The Labute approximate surface area is 98.0 Å². The molecule has 1 aromatic carbocycles. The Morgan fingerprint density at radius 1 is 1.53 bits per heavy atom. The highest BCUT2D eigenvalue weighted by atomic mass is 79.9. The maximum atomic E-state index is 12.9. The van der Waals surface area contributed by atoms with Crippen molar-refractivity contribution < 1.29 is 9.13 Å². The highest BCUT2D eigenvalue weighted by Crippen LogP contribution is 2.17. The molecule has 2 nitrogen and oxygen atoms in total. The Bertz CT molecular complexity index is 319. The summed E-state index contributed by atoms with van der Waals surface area (Å²) in [6, 6.07) is 4.90. The molecule has 1 rings (SSSR count). The van der Waals surface area contributed by atoms with E-state index in [4.69, 9.17) is 4.74 Å². The molecule has 84 valence electrons. The highest BCUT2D eigenvalue weighted by Gasteiger charge is 2.03. The Kier molecular flexibility index (Phi) is 5.22. The summed E-state index contributed by atoms with van der Waals surface area (Å²) in [5.41, 5.74) is 0.964. The van der Waals surface area contributed by atoms with Gasteiger partial charge in [-0.3, -0.25) is 0 Å². The van der Waals surface area contributed by atoms with E-state index >= 15 is 0 Å². The Balaban J connectivity index is 2.47. The molecule has 0 heterocycles. The molecule has 0 saturated heterocycles. The molecule has 0 radical (unpaired) electrons. The largest absolute Gasteiger partial charge is 0.373 e. The number of halogens is 2. The van der Waals surface area contributed by atoms with E-state index in [9.17, 15) is 4.39 Å². The fourth-order valence-electron chi connectivity index (χ4n) is 1.21. The number of hydrogen-bond acceptors (Lipinski definition) is 2. The highest BCUT2D eigenvalue weighted by molar-refractivity contribution is 9.10. The summed E-state index contributed by atoms with van der Waals surface area (Å²) in [5.74, 6) is -0.248. The van der Waals surface area contributed by atoms with E-state index in [2.05, 4.69) is 21.2 Å². The first-order valence-corrected chi connectivity index (χ1v) is 5.63. The maximum Gasteiger partial charge on any atom is 0.137 e. The van der Waals surface area contributed by atoms with Gasteiger partial charge in [0.1, 0.15) is 5.82 Å². The van der Waals surface area contributed by atoms with Crippen LogP contribution in [0.2, 0.25) is 0 Å². The number of benzene rings is 1. The second kappa shape index (κ2) is 6.20. The van der Waals surface area contributed by atoms with Crippen molar-refractivity contribution >= 4 is 15.9 Å². The number of ether oxygens (including phenoxy) is 1. The summed E-state index contributed by atoms with van der Waals surface area (Å²) in [6.07, 6.45) is 0.152. The molecule has 0 fully saturated rings. The van der Waals surface area contributed by atoms with E-state index in [1.54, 1.807) is 12.1 Å². The normalized spacial score (nSPS) is 12.8. The standard InChI is InChI=1S/C11H15BrFNO/c1-8(6-14-2)15-7-9-3-4-11(13)10(12)5-9/h3-5,8,14H,6-7H2,1-2H3. The maximum absolute atomic E-state index is 12.9. The summed E-state index contributed by atoms with van der Waals surface area (Å²) < 4.78 is 19.0. The minimum atomic E-state index is -0.248. The van der Waals surface area contributed by atoms with Crippen molar-refractivity contribution in [2.24, 2.45) is 0 Å². The topological polar surface area (TPSA) is 21.3 Å². The van der Waals surface area contributed by atoms with Gasteiger partial charge in [-0.2, -0.15) is 0 Å². The fourth-order valence-corrected chi connectivity index (χ4v) is 1.64. The Morgan fingerprint density at radius 2 is 2.27 bits per heavy atom. The lowest BCUT2D eigenvalue weighted by Crippen LogP contribution is -2.23. The molecule has 0 amide bonds. The monoisotopic (exact) mass is 275 g/mol. The summed E-state index contributed by atoms with van der Waals surface area (Å²) >= 11 is 3.14. The number of nitrogens with one attached hydrogen (secondary N) is 1. The minimum absolute atomic E-state index is 0.152. The molecule has 15 heavy (non-hydrogen) atoms. The van der Waals surface area contributed by atoms with Crippen LogP contribution in [0.3, 0.4) is 0 Å². The lowest BCUT2D eigenvalue weighted by atomic mass is 10.2. The average Bonchev–Trinajstić information content (AvgIpc) is 2.20. The molecule has 0 aliphatic heterocycles. The summed E-state index contributed by atoms with van der Waals surface area (Å²) in [4.78, 5) is 0. The van der Waals surface area contributed by atoms with Gasteiger partial charge in [0.25, 0.3) is 0 Å². The van der Waals surface area contributed by atoms with E-state index < -0.39 is 0 Å². The molecule has 0 aliphatic rings. The van der Waals surface area contributed by atoms with Crippen molar-refractivity contribution in [2.75, 3.05) is 13.6 Å². The molecule has 0 aliphatic carbocycles. The van der Waals surface area contributed by atoms with Gasteiger partial charge in [0.15, 0.2) is 0 Å². The molecular formula is C11H15BrFNO. The Hall–Kier alpha value is -0.450. The van der Waals surface area contributed by atoms with Gasteiger partial charge in [-0.05, 0) is 47.6 Å². The van der Waals surface area contributed by atoms with E-state index in [1.807, 2.05) is 14.0 Å². The van der Waals surface area contributed by atoms with Crippen LogP contribution in [0.1, 0.15) is 12.5 Å². The van der Waals surface area contributed by atoms with Gasteiger partial charge >= 0.3 is 0 Å². The molecule has 0 spiro atoms. The van der Waals surface area contributed by atoms with Crippen molar-refractivity contribution in [3.63, 3.8) is 0 Å². The SMILES string of the molecule is CNCC(C)OCc1ccc(F)c(Br)c1. The van der Waals surface area contributed by atoms with Gasteiger partial charge in [0.05, 0.1) is 17.2 Å². The fraction of sp³-hybridized carbons (Fsp3) is 0.455. The molecule has 4 heteroatoms. The van der Waals surface area contributed by atoms with Crippen LogP contribution in [-0.2, 0) is 11.3 Å². The van der Waals surface area contributed by atoms with Gasteiger partial charge < -0.3 is 10.1 Å². The predicted molar refractivity (Wildman–Crippen MR) is 62.3 cm³/mol. The third-order valence-electron chi connectivity index (χ3n) is 2.01. The van der Waals surface area contributed by atoms with Crippen molar-refractivity contribution in [3.05, 3.63) is 34.1 Å². The molecule has 1 atom stereocenters. The zero-order valence-corrected chi connectivity index (χ0v) is 10.5. The van der Waals surface area contributed by atoms with Gasteiger partial charge in [-0.25, -0.2) is 4.39 Å². The van der Waals surface area contributed by atoms with Crippen LogP contribution in [0, 0.1) is 5.82 Å². The number of likely N-dealkylation sites (N-methyl/N-ethyl adjacent to an activating group) is 1. The summed E-state index contributed by atoms with van der Waals surface area (Å²) in [7, 11) is 1.88. The second-order valence-corrected chi connectivity index (χ2v) is 4.28. The van der Waals surface area contributed by atoms with Gasteiger partial charge in [-0.15, -0.1) is 0 Å². The molecular weight excluding hydrogens is 261 g/mol. The smallest absolute Gasteiger partial charge is 0.137 e. The van der Waals surface area contributed by atoms with Crippen LogP contribution >= 0.6 is 15.9 Å². The van der Waals surface area contributed by atoms with Crippen LogP contribution in [0.25, 0.3) is 0 Å². The molecule has 1 aromatic rings. The van der Waals surface area contributed by atoms with E-state index in [0.29, 0.717) is 11.1 Å². The van der Waals surface area contributed by atoms with E-state index in [1.165, 1.54) is 6.07 Å². The van der Waals surface area contributed by atoms with Crippen LogP contribution in [0.15, 0.2) is 22.7 Å². The van der Waals surface area contributed by atoms with Crippen molar-refractivity contribution in [3.8, 4) is 0 Å². The van der Waals surface area contributed by atoms with Crippen molar-refractivity contribution in [2.45, 2.75) is 19.6 Å². The van der Waals surface area contributed by atoms with Crippen LogP contribution < -0.4 is 5.32 Å². The molecule has 0 saturated carbocycles. The first kappa shape index (κ1) is 12.6. The summed E-state index contributed by atoms with van der Waals surface area (Å²) in [5, 5.41) is 3.03. The van der Waals surface area contributed by atoms with Crippen LogP contribution in [0.5, 0.6) is 0 Å². The van der Waals surface area contributed by atoms with Crippen molar-refractivity contribution in [1.29, 1.82) is 0 Å². The Morgan fingerprint density at radius 3 is 2.87 bits per heavy atom. The molecule has 0 bridgehead atoms. The molecule has 1 unspecified atom stereocenters. The third-order valence-corrected chi connectivity index (χ3v) is 2.62. The lowest BCUT2D eigenvalue weighted by molar-refractivity contribution is 0.0544. The first-order valence-electron chi connectivity index (χ1n) is 4.83. The zero-order valence-electron chi connectivity index (χ0n) is 8.89. The van der Waals surface area contributed by atoms with Crippen LogP contribution in [0.4, 0.5) is 4.39 Å². The number of hydrogen-bond donors (Lipinski definition) is 1. The average molecular weight is 276 g/mol. The van der Waals surface area contributed by atoms with Gasteiger partial charge in [0, 0.05) is 6.54 Å². The first-order chi connectivity index (χ1) is 7.13. The van der Waals surface area contributed by atoms with Crippen molar-refractivity contribution in [1.82, 2.24) is 5.32 Å². The van der Waals surface area contributed by atoms with Gasteiger partial charge in [-0.1, -0.05) is 6.07 Å². The van der Waals surface area contributed by atoms with Gasteiger partial charge in [0.2, 0.25) is 0 Å². The minimum Gasteiger partial charge on any atom is -0.373 e.